The molecule has 2 N–H and O–H groups in total. The van der Waals surface area contributed by atoms with Gasteiger partial charge in [-0.05, 0) is 66.9 Å². The maximum Gasteiger partial charge on any atom is 0.414 e. The lowest BCUT2D eigenvalue weighted by Crippen LogP contribution is -2.37. The van der Waals surface area contributed by atoms with Gasteiger partial charge in [-0.1, -0.05) is 35.3 Å². The summed E-state index contributed by atoms with van der Waals surface area (Å²) in [7, 11) is 1.60. The van der Waals surface area contributed by atoms with Gasteiger partial charge >= 0.3 is 6.09 Å². The fourth-order valence-corrected chi connectivity index (χ4v) is 4.69. The highest BCUT2D eigenvalue weighted by molar-refractivity contribution is 6.47. The molecule has 13 heteroatoms. The van der Waals surface area contributed by atoms with Crippen LogP contribution in [0.2, 0.25) is 10.0 Å². The number of amides is 3. The predicted octanol–water partition coefficient (Wildman–Crippen LogP) is 5.56. The molecule has 3 aromatic carbocycles. The van der Waals surface area contributed by atoms with Crippen molar-refractivity contribution in [2.75, 3.05) is 25.7 Å². The summed E-state index contributed by atoms with van der Waals surface area (Å²) in [4.78, 5) is 38.4. The molecular weight excluding hydrogens is 585 g/mol. The number of hydrogen-bond acceptors (Lipinski definition) is 9. The molecule has 3 amide bonds. The number of fused-ring (bicyclic) bond motifs is 1. The summed E-state index contributed by atoms with van der Waals surface area (Å²) < 4.78 is 15.8. The molecule has 3 aromatic rings. The number of hydrogen-bond donors (Lipinski definition) is 2. The van der Waals surface area contributed by atoms with Gasteiger partial charge in [0.05, 0.1) is 29.4 Å². The first-order valence-corrected chi connectivity index (χ1v) is 13.4. The van der Waals surface area contributed by atoms with Crippen LogP contribution in [-0.4, -0.2) is 48.8 Å². The van der Waals surface area contributed by atoms with E-state index < -0.39 is 17.7 Å². The highest BCUT2D eigenvalue weighted by atomic mass is 35.5. The van der Waals surface area contributed by atoms with E-state index in [0.29, 0.717) is 30.8 Å². The van der Waals surface area contributed by atoms with Gasteiger partial charge in [0, 0.05) is 18.7 Å². The van der Waals surface area contributed by atoms with Crippen LogP contribution < -0.4 is 20.2 Å². The van der Waals surface area contributed by atoms with Crippen molar-refractivity contribution in [3.8, 4) is 23.3 Å². The number of rotatable bonds is 9. The first-order chi connectivity index (χ1) is 20.2. The zero-order valence-corrected chi connectivity index (χ0v) is 24.1. The van der Waals surface area contributed by atoms with Crippen LogP contribution in [0.25, 0.3) is 0 Å². The van der Waals surface area contributed by atoms with Gasteiger partial charge in [-0.2, -0.15) is 10.4 Å². The van der Waals surface area contributed by atoms with Gasteiger partial charge < -0.3 is 19.1 Å². The highest BCUT2D eigenvalue weighted by Crippen LogP contribution is 2.39. The molecule has 0 fully saturated rings. The number of halogens is 2. The van der Waals surface area contributed by atoms with E-state index in [4.69, 9.17) is 32.7 Å². The summed E-state index contributed by atoms with van der Waals surface area (Å²) in [5.74, 6) is 0.210. The number of anilines is 1. The van der Waals surface area contributed by atoms with Gasteiger partial charge in [0.15, 0.2) is 5.75 Å². The Morgan fingerprint density at radius 1 is 1.10 bits per heavy atom. The van der Waals surface area contributed by atoms with Gasteiger partial charge in [0.2, 0.25) is 5.71 Å². The van der Waals surface area contributed by atoms with E-state index >= 15 is 0 Å². The molecule has 216 valence electrons. The zero-order chi connectivity index (χ0) is 30.2. The maximum absolute atomic E-state index is 13.2. The van der Waals surface area contributed by atoms with Gasteiger partial charge in [-0.3, -0.25) is 20.3 Å². The van der Waals surface area contributed by atoms with E-state index in [9.17, 15) is 19.6 Å². The summed E-state index contributed by atoms with van der Waals surface area (Å²) in [5.41, 5.74) is 4.54. The van der Waals surface area contributed by atoms with Gasteiger partial charge in [-0.15, -0.1) is 0 Å². The number of nitriles is 1. The maximum atomic E-state index is 13.2. The van der Waals surface area contributed by atoms with E-state index in [1.807, 2.05) is 29.6 Å². The smallest absolute Gasteiger partial charge is 0.414 e. The number of hydrazone groups is 1. The standard InChI is InChI=1S/C29H25Cl2N5O6/c1-3-41-29(39)33-27(37)25(15-32)35-34-19-13-23(30)26(24(31)14-19)42-21-7-8-22-18(12-21)9-10-36(28(22)38)16-17-5-4-6-20(11-17)40-2/h4-8,11-14,34H,3,9-10,16H2,1-2H3,(H,33,37,39). The molecule has 0 unspecified atom stereocenters. The van der Waals surface area contributed by atoms with Crippen molar-refractivity contribution in [3.05, 3.63) is 81.3 Å². The summed E-state index contributed by atoms with van der Waals surface area (Å²) in [6.07, 6.45) is -0.370. The summed E-state index contributed by atoms with van der Waals surface area (Å²) in [6, 6.07) is 17.2. The second kappa shape index (κ2) is 13.7. The largest absolute Gasteiger partial charge is 0.497 e. The molecular formula is C29H25Cl2N5O6. The predicted molar refractivity (Wildman–Crippen MR) is 156 cm³/mol. The molecule has 1 aliphatic rings. The van der Waals surface area contributed by atoms with Crippen LogP contribution in [0.5, 0.6) is 17.2 Å². The van der Waals surface area contributed by atoms with E-state index in [0.717, 1.165) is 16.9 Å². The fraction of sp³-hybridized carbons (Fsp3) is 0.207. The van der Waals surface area contributed by atoms with Crippen LogP contribution in [0.3, 0.4) is 0 Å². The Kier molecular flexibility index (Phi) is 9.85. The topological polar surface area (TPSA) is 142 Å². The molecule has 11 nitrogen and oxygen atoms in total. The number of nitrogens with one attached hydrogen (secondary N) is 2. The Morgan fingerprint density at radius 3 is 2.55 bits per heavy atom. The van der Waals surface area contributed by atoms with E-state index in [-0.39, 0.29) is 34.0 Å². The summed E-state index contributed by atoms with van der Waals surface area (Å²) >= 11 is 12.8. The molecule has 0 saturated carbocycles. The lowest BCUT2D eigenvalue weighted by Gasteiger charge is -2.29. The third-order valence-electron chi connectivity index (χ3n) is 6.08. The van der Waals surface area contributed by atoms with Crippen molar-refractivity contribution < 1.29 is 28.6 Å². The molecule has 0 radical (unpaired) electrons. The van der Waals surface area contributed by atoms with Crippen molar-refractivity contribution in [2.24, 2.45) is 5.10 Å². The van der Waals surface area contributed by atoms with E-state index in [2.05, 4.69) is 15.3 Å². The molecule has 1 heterocycles. The SMILES string of the molecule is CCOC(=O)NC(=O)C(C#N)=NNc1cc(Cl)c(Oc2ccc3c(c2)CCN(Cc2cccc(OC)c2)C3=O)c(Cl)c1. The molecule has 0 aliphatic carbocycles. The monoisotopic (exact) mass is 609 g/mol. The third-order valence-corrected chi connectivity index (χ3v) is 6.64. The first kappa shape index (κ1) is 30.2. The average Bonchev–Trinajstić information content (AvgIpc) is 2.97. The fourth-order valence-electron chi connectivity index (χ4n) is 4.12. The normalized spacial score (nSPS) is 12.6. The second-order valence-corrected chi connectivity index (χ2v) is 9.69. The second-order valence-electron chi connectivity index (χ2n) is 8.88. The first-order valence-electron chi connectivity index (χ1n) is 12.7. The number of alkyl carbamates (subject to hydrolysis) is 1. The van der Waals surface area contributed by atoms with Crippen LogP contribution in [0, 0.1) is 11.3 Å². The zero-order valence-electron chi connectivity index (χ0n) is 22.6. The Bertz CT molecular complexity index is 1580. The molecule has 4 rings (SSSR count). The Labute approximate surface area is 251 Å². The van der Waals surface area contributed by atoms with Crippen molar-refractivity contribution >= 4 is 52.5 Å². The summed E-state index contributed by atoms with van der Waals surface area (Å²) in [5, 5.41) is 15.0. The number of ether oxygens (including phenoxy) is 3. The molecule has 0 atom stereocenters. The Morgan fingerprint density at radius 2 is 1.86 bits per heavy atom. The average molecular weight is 610 g/mol. The van der Waals surface area contributed by atoms with Gasteiger partial charge in [-0.25, -0.2) is 4.79 Å². The van der Waals surface area contributed by atoms with Crippen molar-refractivity contribution in [1.82, 2.24) is 10.2 Å². The van der Waals surface area contributed by atoms with Crippen LogP contribution in [-0.2, 0) is 22.5 Å². The van der Waals surface area contributed by atoms with Crippen molar-refractivity contribution in [3.63, 3.8) is 0 Å². The van der Waals surface area contributed by atoms with Gasteiger partial charge in [0.25, 0.3) is 11.8 Å². The quantitative estimate of drug-likeness (QED) is 0.237. The number of imide groups is 1. The lowest BCUT2D eigenvalue weighted by molar-refractivity contribution is -0.114. The third kappa shape index (κ3) is 7.28. The highest BCUT2D eigenvalue weighted by Gasteiger charge is 2.25. The van der Waals surface area contributed by atoms with Crippen LogP contribution in [0.4, 0.5) is 10.5 Å². The Hall–Kier alpha value is -4.79. The molecule has 0 aromatic heterocycles. The molecule has 1 aliphatic heterocycles. The lowest BCUT2D eigenvalue weighted by atomic mass is 9.98. The van der Waals surface area contributed by atoms with Gasteiger partial charge in [0.1, 0.15) is 17.6 Å². The van der Waals surface area contributed by atoms with E-state index in [1.165, 1.54) is 12.1 Å². The number of methoxy groups -OCH3 is 1. The van der Waals surface area contributed by atoms with E-state index in [1.54, 1.807) is 43.2 Å². The summed E-state index contributed by atoms with van der Waals surface area (Å²) in [6.45, 7) is 2.62. The molecule has 42 heavy (non-hydrogen) atoms. The molecule has 0 bridgehead atoms. The number of carbonyl (C=O) groups is 3. The number of nitrogens with zero attached hydrogens (tertiary/aromatic N) is 3. The molecule has 0 saturated heterocycles. The van der Waals surface area contributed by atoms with Crippen molar-refractivity contribution in [2.45, 2.75) is 19.9 Å². The molecule has 0 spiro atoms. The van der Waals surface area contributed by atoms with Crippen LogP contribution >= 0.6 is 23.2 Å². The van der Waals surface area contributed by atoms with Crippen LogP contribution in [0.1, 0.15) is 28.4 Å². The minimum absolute atomic E-state index is 0.0507. The Balaban J connectivity index is 1.44. The van der Waals surface area contributed by atoms with Crippen LogP contribution in [0.15, 0.2) is 59.7 Å². The minimum atomic E-state index is -1.05. The minimum Gasteiger partial charge on any atom is -0.497 e. The number of benzene rings is 3. The van der Waals surface area contributed by atoms with Crippen molar-refractivity contribution in [1.29, 1.82) is 5.26 Å². The number of carbonyl (C=O) groups excluding carboxylic acids is 3.